The number of methoxy groups -OCH3 is 6. The fourth-order valence-electron chi connectivity index (χ4n) is 6.31. The Hall–Kier alpha value is -11.6. The number of carbonyl (C=O) groups is 9. The Labute approximate surface area is 487 Å². The highest BCUT2D eigenvalue weighted by molar-refractivity contribution is 6.61. The Bertz CT molecular complexity index is 3410. The maximum Gasteiger partial charge on any atom is 0.417 e. The summed E-state index contributed by atoms with van der Waals surface area (Å²) >= 11 is 4.95. The number of hydrogen-bond acceptors (Lipinski definition) is 19. The minimum Gasteiger partial charge on any atom is -0.465 e. The number of halogens is 1. The molecule has 84 heavy (non-hydrogen) atoms. The van der Waals surface area contributed by atoms with Crippen LogP contribution in [0.4, 0.5) is 42.8 Å². The van der Waals surface area contributed by atoms with Gasteiger partial charge in [0.15, 0.2) is 0 Å². The van der Waals surface area contributed by atoms with Crippen molar-refractivity contribution < 1.29 is 81.0 Å². The monoisotopic (exact) mass is 1160 g/mol. The van der Waals surface area contributed by atoms with E-state index in [9.17, 15) is 43.2 Å². The molecule has 0 aliphatic heterocycles. The molecule has 432 valence electrons. The second-order valence-corrected chi connectivity index (χ2v) is 16.2. The summed E-state index contributed by atoms with van der Waals surface area (Å²) in [7, 11) is 7.36. The molecular formula is C61H54ClN5O17. The van der Waals surface area contributed by atoms with Gasteiger partial charge in [-0.2, -0.15) is 0 Å². The molecule has 3 amide bonds. The molecule has 0 radical (unpaired) electrons. The zero-order valence-corrected chi connectivity index (χ0v) is 46.5. The fourth-order valence-corrected chi connectivity index (χ4v) is 6.40. The van der Waals surface area contributed by atoms with Crippen LogP contribution in [-0.2, 0) is 28.4 Å². The SMILES string of the molecule is C#Cc1ccc(N)cc1.C#Cc1ccc(NC(=O)Nc2cc(C(=O)OC)cc(C(=O)OC)c2)cc1.COC(=O)c1cc(N)cc(C(=O)OC)c1.COC(=O)c1cc(NC(=O)Oc2ccccc2)cc(C(=O)OC)c1.O=C(Cl)Oc1ccccc1. The van der Waals surface area contributed by atoms with Gasteiger partial charge in [-0.3, -0.25) is 5.32 Å². The number of nitrogens with two attached hydrogens (primary N) is 2. The van der Waals surface area contributed by atoms with Crippen LogP contribution in [-0.4, -0.2) is 96.0 Å². The lowest BCUT2D eigenvalue weighted by molar-refractivity contribution is 0.0581. The third-order valence-electron chi connectivity index (χ3n) is 10.1. The van der Waals surface area contributed by atoms with Crippen LogP contribution in [0, 0.1) is 24.7 Å². The van der Waals surface area contributed by atoms with E-state index in [0.29, 0.717) is 28.4 Å². The Morgan fingerprint density at radius 2 is 0.690 bits per heavy atom. The number of esters is 6. The zero-order chi connectivity index (χ0) is 62.1. The molecule has 7 aromatic carbocycles. The number of terminal acetylenes is 2. The highest BCUT2D eigenvalue weighted by Crippen LogP contribution is 2.21. The number of benzene rings is 7. The standard InChI is InChI=1S/C19H16N2O5.C17H15NO6.C10H11NO4.C8H7N.C7H5ClO2/c1-4-12-5-7-15(8-6-12)20-19(24)21-16-10-13(17(22)25-2)9-14(11-16)18(23)26-3;1-22-15(19)11-8-12(16(20)23-2)10-13(9-11)18-17(21)24-14-6-4-3-5-7-14;1-14-9(12)6-3-7(10(13)15-2)5-8(11)4-6;1-2-7-3-5-8(9)6-4-7;8-7(9)10-6-4-2-1-3-5-6/h1,5-11H,2-3H3,(H2,20,21,24);3-10H,1-2H3,(H,18,21);3-5H,11H2,1-2H3;1,3-6H,9H2;1-5H. The van der Waals surface area contributed by atoms with Gasteiger partial charge in [0, 0.05) is 51.2 Å². The second kappa shape index (κ2) is 35.1. The number of nitrogens with one attached hydrogen (secondary N) is 3. The van der Waals surface area contributed by atoms with E-state index < -0.39 is 53.4 Å². The molecule has 0 saturated carbocycles. The lowest BCUT2D eigenvalue weighted by Crippen LogP contribution is -2.20. The Morgan fingerprint density at radius 1 is 0.381 bits per heavy atom. The van der Waals surface area contributed by atoms with Crippen molar-refractivity contribution in [3.63, 3.8) is 0 Å². The van der Waals surface area contributed by atoms with E-state index in [1.165, 1.54) is 97.3 Å². The third-order valence-corrected chi connectivity index (χ3v) is 10.2. The number of urea groups is 1. The molecular weight excluding hydrogens is 1110 g/mol. The van der Waals surface area contributed by atoms with Crippen LogP contribution in [0.25, 0.3) is 0 Å². The number of hydrogen-bond donors (Lipinski definition) is 5. The van der Waals surface area contributed by atoms with Gasteiger partial charge >= 0.3 is 53.4 Å². The first kappa shape index (κ1) is 66.7. The van der Waals surface area contributed by atoms with Gasteiger partial charge in [0.25, 0.3) is 0 Å². The quantitative estimate of drug-likeness (QED) is 0.0264. The summed E-state index contributed by atoms with van der Waals surface area (Å²) in [5.41, 5.74) is 14.5. The molecule has 0 spiro atoms. The highest BCUT2D eigenvalue weighted by Gasteiger charge is 2.18. The van der Waals surface area contributed by atoms with Crippen LogP contribution in [0.2, 0.25) is 0 Å². The summed E-state index contributed by atoms with van der Waals surface area (Å²) in [6.07, 6.45) is 9.62. The Morgan fingerprint density at radius 3 is 1.02 bits per heavy atom. The van der Waals surface area contributed by atoms with Gasteiger partial charge in [0.1, 0.15) is 11.5 Å². The van der Waals surface area contributed by atoms with E-state index in [0.717, 1.165) is 11.3 Å². The lowest BCUT2D eigenvalue weighted by atomic mass is 10.1. The molecule has 0 bridgehead atoms. The third kappa shape index (κ3) is 23.4. The number of para-hydroxylation sites is 2. The van der Waals surface area contributed by atoms with E-state index >= 15 is 0 Å². The van der Waals surface area contributed by atoms with Crippen molar-refractivity contribution in [3.8, 4) is 36.2 Å². The van der Waals surface area contributed by atoms with Gasteiger partial charge in [-0.25, -0.2) is 43.2 Å². The van der Waals surface area contributed by atoms with Crippen molar-refractivity contribution in [2.75, 3.05) is 70.1 Å². The average molecular weight is 1160 g/mol. The van der Waals surface area contributed by atoms with Crippen LogP contribution in [0.15, 0.2) is 164 Å². The normalized spacial score (nSPS) is 9.39. The average Bonchev–Trinajstić information content (AvgIpc) is 3.57. The minimum atomic E-state index is -0.814. The summed E-state index contributed by atoms with van der Waals surface area (Å²) in [5.74, 6) is 2.09. The van der Waals surface area contributed by atoms with E-state index in [4.69, 9.17) is 40.7 Å². The number of amides is 3. The molecule has 0 aromatic heterocycles. The number of carbonyl (C=O) groups excluding carboxylic acids is 9. The Kier molecular flexibility index (Phi) is 27.8. The van der Waals surface area contributed by atoms with Crippen LogP contribution in [0.1, 0.15) is 73.3 Å². The van der Waals surface area contributed by atoms with Gasteiger partial charge < -0.3 is 60.0 Å². The van der Waals surface area contributed by atoms with E-state index in [1.54, 1.807) is 91.0 Å². The number of nitrogen functional groups attached to an aromatic ring is 2. The van der Waals surface area contributed by atoms with Crippen molar-refractivity contribution in [1.82, 2.24) is 0 Å². The summed E-state index contributed by atoms with van der Waals surface area (Å²) in [6, 6.07) is 42.8. The predicted molar refractivity (Wildman–Crippen MR) is 312 cm³/mol. The fraction of sp³-hybridized carbons (Fsp3) is 0.0984. The number of rotatable bonds is 11. The largest absolute Gasteiger partial charge is 0.465 e. The van der Waals surface area contributed by atoms with Gasteiger partial charge in [-0.05, 0) is 127 Å². The molecule has 0 saturated heterocycles. The molecule has 7 rings (SSSR count). The van der Waals surface area contributed by atoms with Crippen molar-refractivity contribution >= 4 is 93.4 Å². The molecule has 0 aliphatic rings. The van der Waals surface area contributed by atoms with Gasteiger partial charge in [0.05, 0.1) is 76.0 Å². The first-order chi connectivity index (χ1) is 40.2. The van der Waals surface area contributed by atoms with Crippen molar-refractivity contribution in [2.45, 2.75) is 0 Å². The summed E-state index contributed by atoms with van der Waals surface area (Å²) in [4.78, 5) is 103. The molecule has 7 N–H and O–H groups in total. The first-order valence-electron chi connectivity index (χ1n) is 23.8. The molecule has 0 heterocycles. The molecule has 0 atom stereocenters. The Balaban J connectivity index is 0.000000291. The molecule has 7 aromatic rings. The maximum absolute atomic E-state index is 12.1. The van der Waals surface area contributed by atoms with Gasteiger partial charge in [0.2, 0.25) is 0 Å². The minimum absolute atomic E-state index is 0.0930. The number of ether oxygens (including phenoxy) is 8. The van der Waals surface area contributed by atoms with E-state index in [-0.39, 0.29) is 44.8 Å². The topological polar surface area (TPSA) is 316 Å². The molecule has 22 nitrogen and oxygen atoms in total. The number of anilines is 5. The second-order valence-electron chi connectivity index (χ2n) is 15.9. The van der Waals surface area contributed by atoms with Crippen molar-refractivity contribution in [1.29, 1.82) is 0 Å². The zero-order valence-electron chi connectivity index (χ0n) is 45.7. The van der Waals surface area contributed by atoms with E-state index in [1.807, 2.05) is 18.2 Å². The van der Waals surface area contributed by atoms with Crippen LogP contribution in [0.5, 0.6) is 11.5 Å². The first-order valence-corrected chi connectivity index (χ1v) is 24.2. The smallest absolute Gasteiger partial charge is 0.417 e. The van der Waals surface area contributed by atoms with Crippen LogP contribution in [0.3, 0.4) is 0 Å². The summed E-state index contributed by atoms with van der Waals surface area (Å²) in [5, 5.41) is 7.62. The van der Waals surface area contributed by atoms with E-state index in [2.05, 4.69) is 60.9 Å². The molecule has 0 fully saturated rings. The lowest BCUT2D eigenvalue weighted by Gasteiger charge is -2.10. The predicted octanol–water partition coefficient (Wildman–Crippen LogP) is 10.3. The molecule has 23 heteroatoms. The summed E-state index contributed by atoms with van der Waals surface area (Å²) < 4.78 is 37.2. The van der Waals surface area contributed by atoms with Crippen molar-refractivity contribution in [2.24, 2.45) is 0 Å². The molecule has 0 aliphatic carbocycles. The highest BCUT2D eigenvalue weighted by atomic mass is 35.5. The van der Waals surface area contributed by atoms with Crippen LogP contribution >= 0.6 is 11.6 Å². The molecule has 0 unspecified atom stereocenters. The summed E-state index contributed by atoms with van der Waals surface area (Å²) in [6.45, 7) is 0. The van der Waals surface area contributed by atoms with Gasteiger partial charge in [-0.15, -0.1) is 12.8 Å². The van der Waals surface area contributed by atoms with Gasteiger partial charge in [-0.1, -0.05) is 48.2 Å². The van der Waals surface area contributed by atoms with Crippen LogP contribution < -0.4 is 36.9 Å². The van der Waals surface area contributed by atoms with Crippen molar-refractivity contribution in [3.05, 3.63) is 208 Å². The maximum atomic E-state index is 12.1.